The molecule has 0 aliphatic carbocycles. The van der Waals surface area contributed by atoms with Gasteiger partial charge < -0.3 is 15.4 Å². The minimum absolute atomic E-state index is 0.0179. The molecule has 0 aromatic heterocycles. The summed E-state index contributed by atoms with van der Waals surface area (Å²) < 4.78 is 6.07. The first-order valence-corrected chi connectivity index (χ1v) is 6.79. The van der Waals surface area contributed by atoms with E-state index in [1.54, 1.807) is 7.11 Å². The number of hydrogen-bond acceptors (Lipinski definition) is 3. The first-order valence-electron chi connectivity index (χ1n) is 5.99. The first-order chi connectivity index (χ1) is 8.61. The Kier molecular flexibility index (Phi) is 4.24. The van der Waals surface area contributed by atoms with Crippen LogP contribution in [-0.4, -0.2) is 25.6 Å². The third kappa shape index (κ3) is 2.84. The number of carbonyl (C=O) groups is 1. The van der Waals surface area contributed by atoms with Crippen LogP contribution in [0.25, 0.3) is 0 Å². The van der Waals surface area contributed by atoms with E-state index in [9.17, 15) is 4.79 Å². The van der Waals surface area contributed by atoms with E-state index in [-0.39, 0.29) is 11.9 Å². The van der Waals surface area contributed by atoms with Crippen molar-refractivity contribution < 1.29 is 9.53 Å². The Labute approximate surface area is 115 Å². The summed E-state index contributed by atoms with van der Waals surface area (Å²) in [5, 5.41) is 6.13. The van der Waals surface area contributed by atoms with Crippen molar-refractivity contribution in [1.82, 2.24) is 5.32 Å². The molecule has 1 saturated heterocycles. The van der Waals surface area contributed by atoms with E-state index in [1.807, 2.05) is 18.2 Å². The molecule has 1 aliphatic rings. The largest absolute Gasteiger partial charge is 0.495 e. The monoisotopic (exact) mass is 312 g/mol. The lowest BCUT2D eigenvalue weighted by atomic mass is 10.0. The lowest BCUT2D eigenvalue weighted by molar-refractivity contribution is -0.118. The zero-order valence-electron chi connectivity index (χ0n) is 10.5. The van der Waals surface area contributed by atoms with Gasteiger partial charge in [0.05, 0.1) is 17.6 Å². The van der Waals surface area contributed by atoms with Gasteiger partial charge in [-0.2, -0.15) is 0 Å². The summed E-state index contributed by atoms with van der Waals surface area (Å²) in [7, 11) is 1.60. The molecule has 1 aromatic rings. The maximum atomic E-state index is 12.1. The topological polar surface area (TPSA) is 50.4 Å². The third-order valence-electron chi connectivity index (χ3n) is 3.23. The molecular weight excluding hydrogens is 296 g/mol. The van der Waals surface area contributed by atoms with Gasteiger partial charge in [0.15, 0.2) is 0 Å². The molecule has 1 aliphatic heterocycles. The first kappa shape index (κ1) is 13.4. The molecule has 18 heavy (non-hydrogen) atoms. The predicted octanol–water partition coefficient (Wildman–Crippen LogP) is 2.39. The van der Waals surface area contributed by atoms with Gasteiger partial charge in [-0.3, -0.25) is 4.79 Å². The highest BCUT2D eigenvalue weighted by Crippen LogP contribution is 2.28. The second kappa shape index (κ2) is 5.71. The van der Waals surface area contributed by atoms with Gasteiger partial charge in [0, 0.05) is 11.8 Å². The molecule has 2 rings (SSSR count). The number of amides is 1. The molecule has 0 radical (unpaired) electrons. The number of hydrogen-bond donors (Lipinski definition) is 2. The van der Waals surface area contributed by atoms with Gasteiger partial charge in [-0.1, -0.05) is 6.92 Å². The molecule has 1 heterocycles. The van der Waals surface area contributed by atoms with Crippen LogP contribution in [0.1, 0.15) is 13.3 Å². The summed E-state index contributed by atoms with van der Waals surface area (Å²) in [5.74, 6) is 1.10. The third-order valence-corrected chi connectivity index (χ3v) is 3.89. The molecule has 4 nitrogen and oxygen atoms in total. The predicted molar refractivity (Wildman–Crippen MR) is 74.9 cm³/mol. The van der Waals surface area contributed by atoms with Crippen molar-refractivity contribution in [3.63, 3.8) is 0 Å². The van der Waals surface area contributed by atoms with E-state index < -0.39 is 0 Å². The maximum absolute atomic E-state index is 12.1. The minimum atomic E-state index is -0.0976. The van der Waals surface area contributed by atoms with Gasteiger partial charge in [-0.15, -0.1) is 0 Å². The van der Waals surface area contributed by atoms with Crippen LogP contribution in [0, 0.1) is 5.92 Å². The molecule has 1 amide bonds. The fourth-order valence-electron chi connectivity index (χ4n) is 2.14. The van der Waals surface area contributed by atoms with E-state index in [1.165, 1.54) is 0 Å². The van der Waals surface area contributed by atoms with Crippen molar-refractivity contribution in [2.75, 3.05) is 19.0 Å². The molecule has 0 bridgehead atoms. The van der Waals surface area contributed by atoms with Crippen LogP contribution in [0.2, 0.25) is 0 Å². The van der Waals surface area contributed by atoms with E-state index in [0.29, 0.717) is 11.7 Å². The van der Waals surface area contributed by atoms with Crippen molar-refractivity contribution in [2.24, 2.45) is 5.92 Å². The summed E-state index contributed by atoms with van der Waals surface area (Å²) in [6.45, 7) is 3.00. The van der Waals surface area contributed by atoms with Crippen LogP contribution in [0.15, 0.2) is 22.7 Å². The van der Waals surface area contributed by atoms with Crippen molar-refractivity contribution >= 4 is 27.5 Å². The van der Waals surface area contributed by atoms with Gasteiger partial charge in [-0.05, 0) is 46.9 Å². The van der Waals surface area contributed by atoms with Crippen LogP contribution in [0.5, 0.6) is 5.75 Å². The van der Waals surface area contributed by atoms with E-state index in [0.717, 1.165) is 23.1 Å². The standard InChI is InChI=1S/C13H17BrN2O2/c1-8-5-6-15-12(8)13(17)16-9-3-4-10(14)11(7-9)18-2/h3-4,7-8,12,15H,5-6H2,1-2H3,(H,16,17). The van der Waals surface area contributed by atoms with Crippen molar-refractivity contribution in [2.45, 2.75) is 19.4 Å². The summed E-state index contributed by atoms with van der Waals surface area (Å²) in [6.07, 6.45) is 1.04. The molecule has 5 heteroatoms. The second-order valence-corrected chi connectivity index (χ2v) is 5.39. The Balaban J connectivity index is 2.07. The highest BCUT2D eigenvalue weighted by Gasteiger charge is 2.29. The summed E-state index contributed by atoms with van der Waals surface area (Å²) in [6, 6.07) is 5.42. The molecule has 0 spiro atoms. The zero-order chi connectivity index (χ0) is 13.1. The van der Waals surface area contributed by atoms with Gasteiger partial charge in [0.1, 0.15) is 5.75 Å². The zero-order valence-corrected chi connectivity index (χ0v) is 12.1. The SMILES string of the molecule is COc1cc(NC(=O)C2NCCC2C)ccc1Br. The average molecular weight is 313 g/mol. The maximum Gasteiger partial charge on any atom is 0.241 e. The Morgan fingerprint density at radius 2 is 2.33 bits per heavy atom. The lowest BCUT2D eigenvalue weighted by Gasteiger charge is -2.16. The van der Waals surface area contributed by atoms with Crippen LogP contribution < -0.4 is 15.4 Å². The fourth-order valence-corrected chi connectivity index (χ4v) is 2.55. The van der Waals surface area contributed by atoms with Crippen molar-refractivity contribution in [1.29, 1.82) is 0 Å². The van der Waals surface area contributed by atoms with Crippen LogP contribution in [0.3, 0.4) is 0 Å². The lowest BCUT2D eigenvalue weighted by Crippen LogP contribution is -2.39. The van der Waals surface area contributed by atoms with E-state index in [2.05, 4.69) is 33.5 Å². The van der Waals surface area contributed by atoms with Gasteiger partial charge in [0.2, 0.25) is 5.91 Å². The number of halogens is 1. The quantitative estimate of drug-likeness (QED) is 0.901. The van der Waals surface area contributed by atoms with Crippen molar-refractivity contribution in [3.05, 3.63) is 22.7 Å². The van der Waals surface area contributed by atoms with Crippen LogP contribution in [0.4, 0.5) is 5.69 Å². The number of carbonyl (C=O) groups excluding carboxylic acids is 1. The normalized spacial score (nSPS) is 22.8. The number of nitrogens with one attached hydrogen (secondary N) is 2. The molecule has 0 saturated carbocycles. The highest BCUT2D eigenvalue weighted by atomic mass is 79.9. The van der Waals surface area contributed by atoms with Gasteiger partial charge in [0.25, 0.3) is 0 Å². The molecule has 2 unspecified atom stereocenters. The second-order valence-electron chi connectivity index (χ2n) is 4.54. The number of anilines is 1. The van der Waals surface area contributed by atoms with E-state index in [4.69, 9.17) is 4.74 Å². The number of methoxy groups -OCH3 is 1. The summed E-state index contributed by atoms with van der Waals surface area (Å²) in [4.78, 5) is 12.1. The Morgan fingerprint density at radius 1 is 1.56 bits per heavy atom. The molecular formula is C13H17BrN2O2. The molecule has 1 aromatic carbocycles. The smallest absolute Gasteiger partial charge is 0.241 e. The highest BCUT2D eigenvalue weighted by molar-refractivity contribution is 9.10. The average Bonchev–Trinajstić information content (AvgIpc) is 2.78. The minimum Gasteiger partial charge on any atom is -0.495 e. The van der Waals surface area contributed by atoms with E-state index >= 15 is 0 Å². The molecule has 2 N–H and O–H groups in total. The number of rotatable bonds is 3. The Bertz CT molecular complexity index is 451. The van der Waals surface area contributed by atoms with Gasteiger partial charge in [-0.25, -0.2) is 0 Å². The number of benzene rings is 1. The molecule has 1 fully saturated rings. The van der Waals surface area contributed by atoms with Crippen LogP contribution >= 0.6 is 15.9 Å². The van der Waals surface area contributed by atoms with Crippen molar-refractivity contribution in [3.8, 4) is 5.75 Å². The Hall–Kier alpha value is -1.07. The molecule has 2 atom stereocenters. The Morgan fingerprint density at radius 3 is 2.94 bits per heavy atom. The summed E-state index contributed by atoms with van der Waals surface area (Å²) in [5.41, 5.74) is 0.751. The number of ether oxygens (including phenoxy) is 1. The molecule has 98 valence electrons. The van der Waals surface area contributed by atoms with Crippen LogP contribution in [-0.2, 0) is 4.79 Å². The fraction of sp³-hybridized carbons (Fsp3) is 0.462. The van der Waals surface area contributed by atoms with Gasteiger partial charge >= 0.3 is 0 Å². The summed E-state index contributed by atoms with van der Waals surface area (Å²) >= 11 is 3.38.